The standard InChI is InChI=1S/C19H24FN5O/c20-17-7-5-16(6-8-17)18(23-26)4-1-11-24-12-3-13-25(15-14-24)19-21-9-2-10-22-19/h2,5-10,26H,1,3-4,11-15H2/b23-18-. The Morgan fingerprint density at radius 3 is 2.58 bits per heavy atom. The maximum atomic E-state index is 13.0. The molecule has 2 aromatic rings. The van der Waals surface area contributed by atoms with Crippen LogP contribution in [0.5, 0.6) is 0 Å². The summed E-state index contributed by atoms with van der Waals surface area (Å²) in [5.74, 6) is 0.503. The van der Waals surface area contributed by atoms with E-state index in [0.29, 0.717) is 12.1 Å². The van der Waals surface area contributed by atoms with Crippen LogP contribution in [0.1, 0.15) is 24.8 Å². The van der Waals surface area contributed by atoms with E-state index in [0.717, 1.165) is 57.1 Å². The highest BCUT2D eigenvalue weighted by atomic mass is 19.1. The second kappa shape index (κ2) is 9.24. The zero-order valence-corrected chi connectivity index (χ0v) is 14.8. The number of halogens is 1. The summed E-state index contributed by atoms with van der Waals surface area (Å²) in [6, 6.07) is 7.89. The first-order valence-electron chi connectivity index (χ1n) is 8.97. The third-order valence-electron chi connectivity index (χ3n) is 4.61. The fourth-order valence-corrected chi connectivity index (χ4v) is 3.21. The molecule has 1 aromatic heterocycles. The molecule has 26 heavy (non-hydrogen) atoms. The van der Waals surface area contributed by atoms with E-state index in [-0.39, 0.29) is 5.82 Å². The van der Waals surface area contributed by atoms with Crippen LogP contribution in [-0.2, 0) is 0 Å². The Balaban J connectivity index is 1.47. The van der Waals surface area contributed by atoms with Crippen LogP contribution in [-0.4, -0.2) is 58.5 Å². The van der Waals surface area contributed by atoms with Gasteiger partial charge in [-0.1, -0.05) is 17.3 Å². The van der Waals surface area contributed by atoms with Crippen LogP contribution >= 0.6 is 0 Å². The Bertz CT molecular complexity index is 708. The molecule has 7 heteroatoms. The monoisotopic (exact) mass is 357 g/mol. The minimum absolute atomic E-state index is 0.289. The van der Waals surface area contributed by atoms with Crippen molar-refractivity contribution in [1.82, 2.24) is 14.9 Å². The van der Waals surface area contributed by atoms with E-state index in [1.807, 2.05) is 6.07 Å². The van der Waals surface area contributed by atoms with Gasteiger partial charge in [-0.15, -0.1) is 0 Å². The van der Waals surface area contributed by atoms with E-state index < -0.39 is 0 Å². The predicted molar refractivity (Wildman–Crippen MR) is 99.3 cm³/mol. The van der Waals surface area contributed by atoms with Crippen molar-refractivity contribution in [2.75, 3.05) is 37.6 Å². The highest BCUT2D eigenvalue weighted by Gasteiger charge is 2.16. The summed E-state index contributed by atoms with van der Waals surface area (Å²) in [5.41, 5.74) is 1.36. The number of anilines is 1. The molecule has 0 bridgehead atoms. The maximum Gasteiger partial charge on any atom is 0.225 e. The van der Waals surface area contributed by atoms with Gasteiger partial charge in [0.15, 0.2) is 0 Å². The molecule has 0 amide bonds. The van der Waals surface area contributed by atoms with Crippen molar-refractivity contribution in [1.29, 1.82) is 0 Å². The fraction of sp³-hybridized carbons (Fsp3) is 0.421. The van der Waals surface area contributed by atoms with Crippen LogP contribution in [0.4, 0.5) is 10.3 Å². The molecule has 1 aromatic carbocycles. The molecule has 6 nitrogen and oxygen atoms in total. The number of hydrogen-bond donors (Lipinski definition) is 1. The number of hydrogen-bond acceptors (Lipinski definition) is 6. The van der Waals surface area contributed by atoms with Crippen molar-refractivity contribution in [3.05, 3.63) is 54.1 Å². The summed E-state index contributed by atoms with van der Waals surface area (Å²) in [5, 5.41) is 12.6. The fourth-order valence-electron chi connectivity index (χ4n) is 3.21. The molecule has 2 heterocycles. The summed E-state index contributed by atoms with van der Waals surface area (Å²) in [4.78, 5) is 13.3. The van der Waals surface area contributed by atoms with Crippen LogP contribution < -0.4 is 4.90 Å². The molecule has 0 saturated carbocycles. The summed E-state index contributed by atoms with van der Waals surface area (Å²) >= 11 is 0. The van der Waals surface area contributed by atoms with Gasteiger partial charge < -0.3 is 15.0 Å². The summed E-state index contributed by atoms with van der Waals surface area (Å²) in [6.07, 6.45) is 6.16. The van der Waals surface area contributed by atoms with Crippen molar-refractivity contribution >= 4 is 11.7 Å². The van der Waals surface area contributed by atoms with Crippen molar-refractivity contribution < 1.29 is 9.60 Å². The van der Waals surface area contributed by atoms with Gasteiger partial charge in [0.1, 0.15) is 5.82 Å². The normalized spacial score (nSPS) is 16.5. The van der Waals surface area contributed by atoms with Gasteiger partial charge in [-0.05, 0) is 56.1 Å². The molecule has 1 fully saturated rings. The molecule has 138 valence electrons. The number of nitrogens with zero attached hydrogens (tertiary/aromatic N) is 5. The average Bonchev–Trinajstić information content (AvgIpc) is 2.93. The van der Waals surface area contributed by atoms with Crippen LogP contribution in [0.3, 0.4) is 0 Å². The lowest BCUT2D eigenvalue weighted by atomic mass is 10.1. The topological polar surface area (TPSA) is 64.9 Å². The third kappa shape index (κ3) is 4.98. The Kier molecular flexibility index (Phi) is 6.49. The maximum absolute atomic E-state index is 13.0. The Labute approximate surface area is 153 Å². The molecule has 0 atom stereocenters. The number of aromatic nitrogens is 2. The largest absolute Gasteiger partial charge is 0.411 e. The molecule has 3 rings (SSSR count). The number of oxime groups is 1. The molecular formula is C19H24FN5O. The van der Waals surface area contributed by atoms with Crippen LogP contribution in [0.25, 0.3) is 0 Å². The zero-order chi connectivity index (χ0) is 18.2. The molecule has 1 aliphatic rings. The van der Waals surface area contributed by atoms with Crippen molar-refractivity contribution in [2.24, 2.45) is 5.16 Å². The third-order valence-corrected chi connectivity index (χ3v) is 4.61. The van der Waals surface area contributed by atoms with Gasteiger partial charge in [0.25, 0.3) is 0 Å². The lowest BCUT2D eigenvalue weighted by molar-refractivity contribution is 0.289. The average molecular weight is 357 g/mol. The van der Waals surface area contributed by atoms with Gasteiger partial charge in [-0.3, -0.25) is 0 Å². The van der Waals surface area contributed by atoms with Crippen LogP contribution in [0.15, 0.2) is 47.9 Å². The van der Waals surface area contributed by atoms with E-state index in [1.165, 1.54) is 12.1 Å². The zero-order valence-electron chi connectivity index (χ0n) is 14.8. The Morgan fingerprint density at radius 1 is 1.08 bits per heavy atom. The first kappa shape index (κ1) is 18.3. The smallest absolute Gasteiger partial charge is 0.225 e. The van der Waals surface area contributed by atoms with Gasteiger partial charge in [0, 0.05) is 32.0 Å². The van der Waals surface area contributed by atoms with Gasteiger partial charge in [-0.25, -0.2) is 14.4 Å². The van der Waals surface area contributed by atoms with E-state index in [2.05, 4.69) is 24.9 Å². The molecule has 0 spiro atoms. The Hall–Kier alpha value is -2.54. The SMILES string of the molecule is O/N=C(/CCCN1CCCN(c2ncccn2)CC1)c1ccc(F)cc1. The summed E-state index contributed by atoms with van der Waals surface area (Å²) < 4.78 is 13.0. The number of rotatable bonds is 6. The number of benzene rings is 1. The van der Waals surface area contributed by atoms with Gasteiger partial charge in [0.2, 0.25) is 5.95 Å². The molecular weight excluding hydrogens is 333 g/mol. The molecule has 1 N–H and O–H groups in total. The first-order valence-corrected chi connectivity index (χ1v) is 8.97. The van der Waals surface area contributed by atoms with Crippen molar-refractivity contribution in [2.45, 2.75) is 19.3 Å². The predicted octanol–water partition coefficient (Wildman–Crippen LogP) is 2.79. The quantitative estimate of drug-likeness (QED) is 0.489. The molecule has 1 aliphatic heterocycles. The van der Waals surface area contributed by atoms with E-state index in [9.17, 15) is 9.60 Å². The highest BCUT2D eigenvalue weighted by molar-refractivity contribution is 6.00. The van der Waals surface area contributed by atoms with Crippen molar-refractivity contribution in [3.63, 3.8) is 0 Å². The molecule has 0 aliphatic carbocycles. The van der Waals surface area contributed by atoms with Gasteiger partial charge in [0.05, 0.1) is 5.71 Å². The van der Waals surface area contributed by atoms with E-state index in [4.69, 9.17) is 0 Å². The molecule has 0 radical (unpaired) electrons. The van der Waals surface area contributed by atoms with Crippen LogP contribution in [0, 0.1) is 5.82 Å². The second-order valence-electron chi connectivity index (χ2n) is 6.39. The minimum atomic E-state index is -0.289. The lowest BCUT2D eigenvalue weighted by Gasteiger charge is -2.21. The molecule has 0 unspecified atom stereocenters. The Morgan fingerprint density at radius 2 is 1.85 bits per heavy atom. The highest BCUT2D eigenvalue weighted by Crippen LogP contribution is 2.12. The summed E-state index contributed by atoms with van der Waals surface area (Å²) in [6.45, 7) is 4.79. The van der Waals surface area contributed by atoms with E-state index in [1.54, 1.807) is 24.5 Å². The lowest BCUT2D eigenvalue weighted by Crippen LogP contribution is -2.32. The van der Waals surface area contributed by atoms with E-state index >= 15 is 0 Å². The minimum Gasteiger partial charge on any atom is -0.411 e. The van der Waals surface area contributed by atoms with Gasteiger partial charge >= 0.3 is 0 Å². The second-order valence-corrected chi connectivity index (χ2v) is 6.39. The summed E-state index contributed by atoms with van der Waals surface area (Å²) in [7, 11) is 0. The van der Waals surface area contributed by atoms with Crippen LogP contribution in [0.2, 0.25) is 0 Å². The van der Waals surface area contributed by atoms with Gasteiger partial charge in [-0.2, -0.15) is 0 Å². The van der Waals surface area contributed by atoms with Crippen molar-refractivity contribution in [3.8, 4) is 0 Å². The first-order chi connectivity index (χ1) is 12.8. The molecule has 1 saturated heterocycles.